The van der Waals surface area contributed by atoms with E-state index in [2.05, 4.69) is 0 Å². The minimum atomic E-state index is -0.469. The van der Waals surface area contributed by atoms with E-state index < -0.39 is 12.0 Å². The number of rotatable bonds is 4. The summed E-state index contributed by atoms with van der Waals surface area (Å²) in [6.07, 6.45) is 0.0908. The third-order valence-electron chi connectivity index (χ3n) is 5.89. The molecule has 0 bridgehead atoms. The van der Waals surface area contributed by atoms with Gasteiger partial charge in [0.1, 0.15) is 12.4 Å². The molecule has 30 heavy (non-hydrogen) atoms. The summed E-state index contributed by atoms with van der Waals surface area (Å²) in [7, 11) is 1.55. The van der Waals surface area contributed by atoms with Crippen LogP contribution in [-0.2, 0) is 16.1 Å². The molecule has 7 heteroatoms. The van der Waals surface area contributed by atoms with Crippen molar-refractivity contribution in [3.05, 3.63) is 65.7 Å². The lowest BCUT2D eigenvalue weighted by Gasteiger charge is -2.25. The molecule has 0 radical (unpaired) electrons. The van der Waals surface area contributed by atoms with Crippen LogP contribution >= 0.6 is 0 Å². The zero-order chi connectivity index (χ0) is 21.3. The van der Waals surface area contributed by atoms with Crippen molar-refractivity contribution in [1.82, 2.24) is 9.80 Å². The average molecular weight is 408 g/mol. The van der Waals surface area contributed by atoms with E-state index in [-0.39, 0.29) is 30.5 Å². The summed E-state index contributed by atoms with van der Waals surface area (Å²) in [6.45, 7) is 2.39. The van der Waals surface area contributed by atoms with Gasteiger partial charge in [0.05, 0.1) is 25.1 Å². The molecule has 0 N–H and O–H groups in total. The van der Waals surface area contributed by atoms with Crippen LogP contribution in [-0.4, -0.2) is 53.4 Å². The fourth-order valence-electron chi connectivity index (χ4n) is 4.35. The van der Waals surface area contributed by atoms with E-state index in [4.69, 9.17) is 9.47 Å². The number of carbonyl (C=O) groups is 3. The molecule has 0 saturated carbocycles. The standard InChI is InChI=1S/C23H24N2O5/c1-15-20-19(12-13-24(20)23(28)30-14-16-6-4-3-5-7-16)25(21(15)26)22(27)17-8-10-18(29-2)11-9-17/h3-11,15,19-20H,12-14H2,1-2H3/t15-,19-,20?/m0/s1. The van der Waals surface area contributed by atoms with Gasteiger partial charge >= 0.3 is 6.09 Å². The Morgan fingerprint density at radius 1 is 1.07 bits per heavy atom. The molecule has 2 aliphatic rings. The Hall–Kier alpha value is -3.35. The van der Waals surface area contributed by atoms with Gasteiger partial charge in [-0.3, -0.25) is 14.5 Å². The van der Waals surface area contributed by atoms with Crippen LogP contribution < -0.4 is 4.74 Å². The van der Waals surface area contributed by atoms with Crippen molar-refractivity contribution in [2.45, 2.75) is 32.0 Å². The van der Waals surface area contributed by atoms with E-state index >= 15 is 0 Å². The van der Waals surface area contributed by atoms with E-state index in [0.29, 0.717) is 24.3 Å². The maximum Gasteiger partial charge on any atom is 0.410 e. The first-order valence-corrected chi connectivity index (χ1v) is 10.00. The molecule has 2 saturated heterocycles. The van der Waals surface area contributed by atoms with Crippen LogP contribution in [0.5, 0.6) is 5.75 Å². The number of carbonyl (C=O) groups excluding carboxylic acids is 3. The quantitative estimate of drug-likeness (QED) is 0.727. The summed E-state index contributed by atoms with van der Waals surface area (Å²) in [4.78, 5) is 41.6. The molecule has 0 aromatic heterocycles. The number of hydrogen-bond donors (Lipinski definition) is 0. The zero-order valence-corrected chi connectivity index (χ0v) is 17.0. The molecule has 3 amide bonds. The predicted molar refractivity (Wildman–Crippen MR) is 109 cm³/mol. The number of hydrogen-bond acceptors (Lipinski definition) is 5. The van der Waals surface area contributed by atoms with E-state index in [1.165, 1.54) is 4.90 Å². The Morgan fingerprint density at radius 2 is 1.77 bits per heavy atom. The van der Waals surface area contributed by atoms with Crippen LogP contribution in [0.15, 0.2) is 54.6 Å². The second-order valence-electron chi connectivity index (χ2n) is 7.61. The lowest BCUT2D eigenvalue weighted by molar-refractivity contribution is -0.129. The Kier molecular flexibility index (Phi) is 5.44. The SMILES string of the molecule is COc1ccc(C(=O)N2C(=O)[C@@H](C)C3[C@@H]2CCN3C(=O)OCc2ccccc2)cc1. The van der Waals surface area contributed by atoms with Crippen LogP contribution in [0.25, 0.3) is 0 Å². The fraction of sp³-hybridized carbons (Fsp3) is 0.348. The molecular formula is C23H24N2O5. The van der Waals surface area contributed by atoms with Crippen molar-refractivity contribution in [2.24, 2.45) is 5.92 Å². The van der Waals surface area contributed by atoms with Crippen molar-refractivity contribution in [3.63, 3.8) is 0 Å². The number of fused-ring (bicyclic) bond motifs is 1. The summed E-state index contributed by atoms with van der Waals surface area (Å²) in [5.41, 5.74) is 1.32. The fourth-order valence-corrected chi connectivity index (χ4v) is 4.35. The number of amides is 3. The Balaban J connectivity index is 1.48. The van der Waals surface area contributed by atoms with Gasteiger partial charge < -0.3 is 14.4 Å². The molecule has 2 aromatic rings. The summed E-state index contributed by atoms with van der Waals surface area (Å²) < 4.78 is 10.6. The second kappa shape index (κ2) is 8.18. The second-order valence-corrected chi connectivity index (χ2v) is 7.61. The van der Waals surface area contributed by atoms with E-state index in [1.807, 2.05) is 30.3 Å². The molecule has 3 atom stereocenters. The first-order valence-electron chi connectivity index (χ1n) is 10.00. The van der Waals surface area contributed by atoms with Crippen LogP contribution in [0.2, 0.25) is 0 Å². The molecule has 2 aliphatic heterocycles. The first-order chi connectivity index (χ1) is 14.5. The number of benzene rings is 2. The number of nitrogens with zero attached hydrogens (tertiary/aromatic N) is 2. The van der Waals surface area contributed by atoms with Crippen molar-refractivity contribution >= 4 is 17.9 Å². The molecule has 0 spiro atoms. The minimum absolute atomic E-state index is 0.171. The maximum atomic E-state index is 13.1. The Morgan fingerprint density at radius 3 is 2.43 bits per heavy atom. The summed E-state index contributed by atoms with van der Waals surface area (Å²) >= 11 is 0. The monoisotopic (exact) mass is 408 g/mol. The van der Waals surface area contributed by atoms with Crippen LogP contribution in [0.4, 0.5) is 4.79 Å². The van der Waals surface area contributed by atoms with Crippen molar-refractivity contribution in [3.8, 4) is 5.75 Å². The average Bonchev–Trinajstić information content (AvgIpc) is 3.31. The predicted octanol–water partition coefficient (Wildman–Crippen LogP) is 3.09. The maximum absolute atomic E-state index is 13.1. The molecular weight excluding hydrogens is 384 g/mol. The summed E-state index contributed by atoms with van der Waals surface area (Å²) in [5.74, 6) is -0.435. The number of imide groups is 1. The smallest absolute Gasteiger partial charge is 0.410 e. The molecule has 2 aromatic carbocycles. The first kappa shape index (κ1) is 19.9. The third-order valence-corrected chi connectivity index (χ3v) is 5.89. The van der Waals surface area contributed by atoms with Gasteiger partial charge in [0, 0.05) is 12.1 Å². The molecule has 1 unspecified atom stereocenters. The summed E-state index contributed by atoms with van der Waals surface area (Å²) in [5, 5.41) is 0. The highest BCUT2D eigenvalue weighted by Gasteiger charge is 2.55. The topological polar surface area (TPSA) is 76.2 Å². The van der Waals surface area contributed by atoms with E-state index in [9.17, 15) is 14.4 Å². The third kappa shape index (κ3) is 3.51. The van der Waals surface area contributed by atoms with Gasteiger partial charge in [-0.2, -0.15) is 0 Å². The van der Waals surface area contributed by atoms with Crippen LogP contribution in [0, 0.1) is 5.92 Å². The Labute approximate surface area is 175 Å². The largest absolute Gasteiger partial charge is 0.497 e. The lowest BCUT2D eigenvalue weighted by Crippen LogP contribution is -2.43. The number of likely N-dealkylation sites (tertiary alicyclic amines) is 2. The van der Waals surface area contributed by atoms with Gasteiger partial charge in [-0.05, 0) is 36.2 Å². The highest BCUT2D eigenvalue weighted by atomic mass is 16.6. The molecule has 4 rings (SSSR count). The van der Waals surface area contributed by atoms with Gasteiger partial charge in [0.15, 0.2) is 0 Å². The van der Waals surface area contributed by atoms with Gasteiger partial charge in [0.2, 0.25) is 5.91 Å². The molecule has 2 heterocycles. The van der Waals surface area contributed by atoms with Gasteiger partial charge in [-0.1, -0.05) is 37.3 Å². The molecule has 0 aliphatic carbocycles. The highest BCUT2D eigenvalue weighted by molar-refractivity contribution is 6.07. The number of ether oxygens (including phenoxy) is 2. The zero-order valence-electron chi connectivity index (χ0n) is 17.0. The van der Waals surface area contributed by atoms with Gasteiger partial charge in [-0.15, -0.1) is 0 Å². The van der Waals surface area contributed by atoms with Gasteiger partial charge in [-0.25, -0.2) is 4.79 Å². The van der Waals surface area contributed by atoms with E-state index in [0.717, 1.165) is 5.56 Å². The highest BCUT2D eigenvalue weighted by Crippen LogP contribution is 2.37. The molecule has 7 nitrogen and oxygen atoms in total. The van der Waals surface area contributed by atoms with Crippen molar-refractivity contribution < 1.29 is 23.9 Å². The van der Waals surface area contributed by atoms with Crippen LogP contribution in [0.1, 0.15) is 29.3 Å². The lowest BCUT2D eigenvalue weighted by atomic mass is 10.0. The van der Waals surface area contributed by atoms with Gasteiger partial charge in [0.25, 0.3) is 5.91 Å². The molecule has 156 valence electrons. The number of methoxy groups -OCH3 is 1. The van der Waals surface area contributed by atoms with Crippen molar-refractivity contribution in [2.75, 3.05) is 13.7 Å². The van der Waals surface area contributed by atoms with Crippen LogP contribution in [0.3, 0.4) is 0 Å². The summed E-state index contributed by atoms with van der Waals surface area (Å²) in [6, 6.07) is 15.4. The van der Waals surface area contributed by atoms with E-state index in [1.54, 1.807) is 43.2 Å². The Bertz CT molecular complexity index is 944. The van der Waals surface area contributed by atoms with Crippen molar-refractivity contribution in [1.29, 1.82) is 0 Å². The minimum Gasteiger partial charge on any atom is -0.497 e. The molecule has 2 fully saturated rings. The normalized spacial score (nSPS) is 22.7.